The molecule has 2 aromatic heterocycles. The van der Waals surface area contributed by atoms with Crippen molar-refractivity contribution < 1.29 is 9.59 Å². The first-order valence-corrected chi connectivity index (χ1v) is 14.8. The van der Waals surface area contributed by atoms with Crippen LogP contribution in [0.25, 0.3) is 11.0 Å². The number of aromatic amines is 1. The van der Waals surface area contributed by atoms with Gasteiger partial charge in [0.25, 0.3) is 0 Å². The fourth-order valence-electron chi connectivity index (χ4n) is 7.85. The first kappa shape index (κ1) is 26.3. The summed E-state index contributed by atoms with van der Waals surface area (Å²) in [7, 11) is 0. The zero-order valence-electron chi connectivity index (χ0n) is 22.5. The van der Waals surface area contributed by atoms with Crippen molar-refractivity contribution in [3.05, 3.63) is 59.4 Å². The second-order valence-corrected chi connectivity index (χ2v) is 12.5. The summed E-state index contributed by atoms with van der Waals surface area (Å²) in [4.78, 5) is 35.1. The molecule has 7 nitrogen and oxygen atoms in total. The number of aromatic nitrogens is 2. The molecule has 0 spiro atoms. The predicted octanol–water partition coefficient (Wildman–Crippen LogP) is 5.55. The van der Waals surface area contributed by atoms with E-state index < -0.39 is 11.5 Å². The van der Waals surface area contributed by atoms with Crippen molar-refractivity contribution in [1.82, 2.24) is 15.3 Å². The van der Waals surface area contributed by atoms with Crippen LogP contribution < -0.4 is 16.4 Å². The summed E-state index contributed by atoms with van der Waals surface area (Å²) in [5.41, 5.74) is 8.98. The average Bonchev–Trinajstić information content (AvgIpc) is 3.52. The van der Waals surface area contributed by atoms with E-state index in [9.17, 15) is 9.59 Å². The van der Waals surface area contributed by atoms with Gasteiger partial charge in [0.15, 0.2) is 0 Å². The zero-order chi connectivity index (χ0) is 27.2. The van der Waals surface area contributed by atoms with E-state index in [1.165, 1.54) is 5.56 Å². The quantitative estimate of drug-likeness (QED) is 0.281. The Morgan fingerprint density at radius 1 is 1.18 bits per heavy atom. The number of nitrogens with one attached hydrogen (secondary N) is 3. The molecule has 3 aliphatic rings. The number of H-pyrrole nitrogens is 1. The minimum Gasteiger partial charge on any atom is -0.354 e. The number of halogens is 1. The minimum absolute atomic E-state index is 0.00597. The van der Waals surface area contributed by atoms with Crippen LogP contribution in [0.5, 0.6) is 0 Å². The molecule has 206 valence electrons. The van der Waals surface area contributed by atoms with Crippen LogP contribution in [-0.4, -0.2) is 34.4 Å². The number of hydrogen-bond acceptors (Lipinski definition) is 4. The normalized spacial score (nSPS) is 27.7. The highest BCUT2D eigenvalue weighted by Gasteiger charge is 2.60. The Bertz CT molecular complexity index is 1370. The smallest absolute Gasteiger partial charge is 0.237 e. The standard InChI is InChI=1S/C31H38ClN5O2/c1-2-12-31(29(39)37-24-11-16-35-27-22(24)10-15-34-27)17-19-4-3-5-23(31)25(19)26(33)28(38)36-18-30(13-14-30)20-6-8-21(32)9-7-20/h6-11,15-16,19,23,25-26H,2-5,12-14,17-18,33H2,1H3,(H,36,38)(H2,34,35,37,39). The van der Waals surface area contributed by atoms with Gasteiger partial charge in [-0.05, 0) is 79.7 Å². The topological polar surface area (TPSA) is 113 Å². The van der Waals surface area contributed by atoms with Gasteiger partial charge in [0.2, 0.25) is 11.8 Å². The molecule has 5 atom stereocenters. The first-order chi connectivity index (χ1) is 18.9. The number of rotatable bonds is 9. The van der Waals surface area contributed by atoms with E-state index in [-0.39, 0.29) is 35.0 Å². The predicted molar refractivity (Wildman–Crippen MR) is 154 cm³/mol. The van der Waals surface area contributed by atoms with E-state index in [0.29, 0.717) is 6.54 Å². The maximum absolute atomic E-state index is 14.1. The third-order valence-electron chi connectivity index (χ3n) is 9.92. The number of nitrogens with zero attached hydrogens (tertiary/aromatic N) is 1. The van der Waals surface area contributed by atoms with E-state index in [4.69, 9.17) is 17.3 Å². The number of pyridine rings is 1. The Hall–Kier alpha value is -2.90. The molecule has 5 N–H and O–H groups in total. The fourth-order valence-corrected chi connectivity index (χ4v) is 7.98. The molecule has 0 radical (unpaired) electrons. The number of carbonyl (C=O) groups excluding carboxylic acids is 2. The highest BCUT2D eigenvalue weighted by Crippen LogP contribution is 2.60. The van der Waals surface area contributed by atoms with Crippen molar-refractivity contribution in [1.29, 1.82) is 0 Å². The van der Waals surface area contributed by atoms with Crippen molar-refractivity contribution in [2.24, 2.45) is 28.9 Å². The Labute approximate surface area is 234 Å². The number of nitrogens with two attached hydrogens (primary N) is 1. The van der Waals surface area contributed by atoms with Crippen molar-refractivity contribution >= 4 is 40.1 Å². The summed E-state index contributed by atoms with van der Waals surface area (Å²) in [6.07, 6.45) is 11.2. The maximum atomic E-state index is 14.1. The van der Waals surface area contributed by atoms with Crippen LogP contribution in [0.3, 0.4) is 0 Å². The molecule has 0 saturated heterocycles. The van der Waals surface area contributed by atoms with Crippen molar-refractivity contribution in [3.63, 3.8) is 0 Å². The molecule has 6 rings (SSSR count). The average molecular weight is 548 g/mol. The number of hydrogen-bond donors (Lipinski definition) is 4. The second kappa shape index (κ2) is 10.3. The maximum Gasteiger partial charge on any atom is 0.237 e. The molecule has 39 heavy (non-hydrogen) atoms. The van der Waals surface area contributed by atoms with E-state index in [0.717, 1.165) is 73.1 Å². The van der Waals surface area contributed by atoms with E-state index in [2.05, 4.69) is 39.7 Å². The number of amides is 2. The SMILES string of the molecule is CCCC1(C(=O)Nc2ccnc3[nH]ccc23)CC2CCCC1C2C(N)C(=O)NCC1(c2ccc(Cl)cc2)CC1. The van der Waals surface area contributed by atoms with Gasteiger partial charge in [0, 0.05) is 34.8 Å². The molecule has 3 aliphatic carbocycles. The lowest BCUT2D eigenvalue weighted by Gasteiger charge is -2.39. The van der Waals surface area contributed by atoms with Crippen LogP contribution in [0.2, 0.25) is 5.02 Å². The summed E-state index contributed by atoms with van der Waals surface area (Å²) < 4.78 is 0. The summed E-state index contributed by atoms with van der Waals surface area (Å²) >= 11 is 6.08. The third kappa shape index (κ3) is 4.63. The molecule has 1 aromatic carbocycles. The molecule has 3 aromatic rings. The van der Waals surface area contributed by atoms with Gasteiger partial charge >= 0.3 is 0 Å². The highest BCUT2D eigenvalue weighted by atomic mass is 35.5. The molecule has 3 fully saturated rings. The van der Waals surface area contributed by atoms with E-state index >= 15 is 0 Å². The lowest BCUT2D eigenvalue weighted by molar-refractivity contribution is -0.130. The Morgan fingerprint density at radius 2 is 1.97 bits per heavy atom. The third-order valence-corrected chi connectivity index (χ3v) is 10.2. The van der Waals surface area contributed by atoms with Gasteiger partial charge in [-0.3, -0.25) is 9.59 Å². The summed E-state index contributed by atoms with van der Waals surface area (Å²) in [6.45, 7) is 2.72. The number of anilines is 1. The molecule has 2 bridgehead atoms. The van der Waals surface area contributed by atoms with Crippen molar-refractivity contribution in [2.45, 2.75) is 69.7 Å². The van der Waals surface area contributed by atoms with Crippen LogP contribution in [-0.2, 0) is 15.0 Å². The van der Waals surface area contributed by atoms with Crippen molar-refractivity contribution in [3.8, 4) is 0 Å². The first-order valence-electron chi connectivity index (χ1n) is 14.4. The molecule has 5 unspecified atom stereocenters. The van der Waals surface area contributed by atoms with Crippen LogP contribution in [0, 0.1) is 23.2 Å². The van der Waals surface area contributed by atoms with Gasteiger partial charge in [-0.25, -0.2) is 4.98 Å². The van der Waals surface area contributed by atoms with Gasteiger partial charge in [-0.2, -0.15) is 0 Å². The van der Waals surface area contributed by atoms with Gasteiger partial charge in [0.1, 0.15) is 5.65 Å². The van der Waals surface area contributed by atoms with Crippen LogP contribution in [0.4, 0.5) is 5.69 Å². The molecular formula is C31H38ClN5O2. The molecule has 8 heteroatoms. The van der Waals surface area contributed by atoms with Crippen LogP contribution >= 0.6 is 11.6 Å². The zero-order valence-corrected chi connectivity index (χ0v) is 23.3. The summed E-state index contributed by atoms with van der Waals surface area (Å²) in [6, 6.07) is 11.1. The minimum atomic E-state index is -0.620. The second-order valence-electron chi connectivity index (χ2n) is 12.1. The van der Waals surface area contributed by atoms with Crippen molar-refractivity contribution in [2.75, 3.05) is 11.9 Å². The summed E-state index contributed by atoms with van der Waals surface area (Å²) in [5, 5.41) is 8.09. The lowest BCUT2D eigenvalue weighted by atomic mass is 9.67. The Kier molecular flexibility index (Phi) is 6.92. The fraction of sp³-hybridized carbons (Fsp3) is 0.516. The molecular weight excluding hydrogens is 510 g/mol. The molecule has 2 heterocycles. The van der Waals surface area contributed by atoms with Gasteiger partial charge in [-0.1, -0.05) is 49.9 Å². The molecule has 2 amide bonds. The van der Waals surface area contributed by atoms with E-state index in [1.54, 1.807) is 6.20 Å². The monoisotopic (exact) mass is 547 g/mol. The van der Waals surface area contributed by atoms with Gasteiger partial charge < -0.3 is 21.4 Å². The molecule has 3 saturated carbocycles. The lowest BCUT2D eigenvalue weighted by Crippen LogP contribution is -2.52. The molecule has 0 aliphatic heterocycles. The van der Waals surface area contributed by atoms with Gasteiger partial charge in [0.05, 0.1) is 17.1 Å². The van der Waals surface area contributed by atoms with E-state index in [1.807, 2.05) is 30.5 Å². The number of carbonyl (C=O) groups is 2. The number of benzene rings is 1. The highest BCUT2D eigenvalue weighted by molar-refractivity contribution is 6.30. The largest absolute Gasteiger partial charge is 0.354 e. The van der Waals surface area contributed by atoms with Gasteiger partial charge in [-0.15, -0.1) is 0 Å². The Balaban J connectivity index is 1.20. The number of fused-ring (bicyclic) bond motifs is 3. The summed E-state index contributed by atoms with van der Waals surface area (Å²) in [5.74, 6) is 0.341. The van der Waals surface area contributed by atoms with Crippen LogP contribution in [0.1, 0.15) is 63.9 Å². The Morgan fingerprint density at radius 3 is 2.72 bits per heavy atom. The van der Waals surface area contributed by atoms with Crippen LogP contribution in [0.15, 0.2) is 48.8 Å².